The summed E-state index contributed by atoms with van der Waals surface area (Å²) in [7, 11) is 0. The molecule has 0 aliphatic carbocycles. The average Bonchev–Trinajstić information content (AvgIpc) is 2.71. The third-order valence-electron chi connectivity index (χ3n) is 2.43. The molecule has 0 atom stereocenters. The molecule has 106 valence electrons. The van der Waals surface area contributed by atoms with Crippen molar-refractivity contribution in [2.24, 2.45) is 0 Å². The number of hydrogen-bond acceptors (Lipinski definition) is 4. The van der Waals surface area contributed by atoms with E-state index in [0.717, 1.165) is 30.0 Å². The normalized spacial score (nSPS) is 10.1. The highest BCUT2D eigenvalue weighted by Crippen LogP contribution is 2.27. The molecule has 1 rings (SSSR count). The van der Waals surface area contributed by atoms with E-state index in [4.69, 9.17) is 17.0 Å². The van der Waals surface area contributed by atoms with Crippen molar-refractivity contribution in [1.29, 1.82) is 0 Å². The van der Waals surface area contributed by atoms with Gasteiger partial charge < -0.3 is 15.4 Å². The highest BCUT2D eigenvalue weighted by atomic mass is 32.1. The Morgan fingerprint density at radius 2 is 2.21 bits per heavy atom. The minimum Gasteiger partial charge on any atom is -0.462 e. The number of rotatable bonds is 6. The summed E-state index contributed by atoms with van der Waals surface area (Å²) >= 11 is 6.55. The van der Waals surface area contributed by atoms with Crippen molar-refractivity contribution in [3.05, 3.63) is 16.5 Å². The maximum atomic E-state index is 11.7. The van der Waals surface area contributed by atoms with Crippen LogP contribution in [0.3, 0.4) is 0 Å². The third-order valence-corrected chi connectivity index (χ3v) is 3.81. The summed E-state index contributed by atoms with van der Waals surface area (Å²) in [6.07, 6.45) is 2.21. The number of carbonyl (C=O) groups is 1. The third kappa shape index (κ3) is 5.16. The first-order valence-corrected chi connectivity index (χ1v) is 7.63. The minimum absolute atomic E-state index is 0.275. The largest absolute Gasteiger partial charge is 0.462 e. The van der Waals surface area contributed by atoms with Crippen molar-refractivity contribution in [2.45, 2.75) is 33.6 Å². The Morgan fingerprint density at radius 3 is 2.84 bits per heavy atom. The van der Waals surface area contributed by atoms with Crippen LogP contribution in [0.1, 0.15) is 41.9 Å². The summed E-state index contributed by atoms with van der Waals surface area (Å²) in [5.41, 5.74) is 0.905. The molecule has 0 bridgehead atoms. The van der Waals surface area contributed by atoms with Crippen LogP contribution in [0, 0.1) is 6.92 Å². The van der Waals surface area contributed by atoms with Crippen LogP contribution in [0.25, 0.3) is 0 Å². The van der Waals surface area contributed by atoms with Gasteiger partial charge in [0.15, 0.2) is 5.11 Å². The zero-order valence-electron chi connectivity index (χ0n) is 11.5. The van der Waals surface area contributed by atoms with Crippen LogP contribution in [0.15, 0.2) is 6.07 Å². The Bertz CT molecular complexity index is 444. The van der Waals surface area contributed by atoms with Crippen molar-refractivity contribution < 1.29 is 9.53 Å². The summed E-state index contributed by atoms with van der Waals surface area (Å²) in [5, 5.41) is 7.66. The van der Waals surface area contributed by atoms with Crippen LogP contribution in [-0.2, 0) is 4.74 Å². The van der Waals surface area contributed by atoms with E-state index in [9.17, 15) is 4.79 Å². The number of nitrogens with one attached hydrogen (secondary N) is 2. The number of thiophene rings is 1. The predicted molar refractivity (Wildman–Crippen MR) is 84.1 cm³/mol. The number of hydrogen-bond donors (Lipinski definition) is 2. The van der Waals surface area contributed by atoms with Gasteiger partial charge in [-0.25, -0.2) is 4.79 Å². The van der Waals surface area contributed by atoms with Crippen LogP contribution >= 0.6 is 23.6 Å². The molecule has 4 nitrogen and oxygen atoms in total. The van der Waals surface area contributed by atoms with Gasteiger partial charge in [-0.3, -0.25) is 0 Å². The second kappa shape index (κ2) is 8.12. The fourth-order valence-electron chi connectivity index (χ4n) is 1.48. The standard InChI is InChI=1S/C13H20N2O2S2/c1-4-6-7-14-13(18)15-10-8-9(3)11(19-10)12(16)17-5-2/h8H,4-7H2,1-3H3,(H2,14,15,18). The van der Waals surface area contributed by atoms with Crippen molar-refractivity contribution >= 4 is 39.6 Å². The molecule has 0 aliphatic rings. The van der Waals surface area contributed by atoms with E-state index in [0.29, 0.717) is 16.6 Å². The lowest BCUT2D eigenvalue weighted by Crippen LogP contribution is -2.28. The van der Waals surface area contributed by atoms with Crippen LogP contribution in [0.5, 0.6) is 0 Å². The lowest BCUT2D eigenvalue weighted by Gasteiger charge is -2.07. The monoisotopic (exact) mass is 300 g/mol. The van der Waals surface area contributed by atoms with Crippen LogP contribution < -0.4 is 10.6 Å². The molecule has 0 saturated carbocycles. The van der Waals surface area contributed by atoms with Gasteiger partial charge >= 0.3 is 5.97 Å². The molecule has 0 radical (unpaired) electrons. The molecule has 2 N–H and O–H groups in total. The first-order chi connectivity index (χ1) is 9.08. The number of aryl methyl sites for hydroxylation is 1. The predicted octanol–water partition coefficient (Wildman–Crippen LogP) is 3.32. The van der Waals surface area contributed by atoms with Gasteiger partial charge in [-0.15, -0.1) is 11.3 Å². The number of carbonyl (C=O) groups excluding carboxylic acids is 1. The second-order valence-corrected chi connectivity index (χ2v) is 5.54. The van der Waals surface area contributed by atoms with Gasteiger partial charge in [-0.2, -0.15) is 0 Å². The Morgan fingerprint density at radius 1 is 1.47 bits per heavy atom. The number of ether oxygens (including phenoxy) is 1. The molecular weight excluding hydrogens is 280 g/mol. The van der Waals surface area contributed by atoms with Crippen LogP contribution in [0.2, 0.25) is 0 Å². The van der Waals surface area contributed by atoms with Crippen LogP contribution in [-0.4, -0.2) is 24.2 Å². The molecule has 19 heavy (non-hydrogen) atoms. The van der Waals surface area contributed by atoms with E-state index in [2.05, 4.69) is 17.6 Å². The van der Waals surface area contributed by atoms with Crippen LogP contribution in [0.4, 0.5) is 5.00 Å². The lowest BCUT2D eigenvalue weighted by atomic mass is 10.3. The topological polar surface area (TPSA) is 50.4 Å². The van der Waals surface area contributed by atoms with Gasteiger partial charge in [-0.05, 0) is 44.1 Å². The molecule has 0 aliphatic heterocycles. The maximum absolute atomic E-state index is 11.7. The Hall–Kier alpha value is -1.14. The molecule has 6 heteroatoms. The highest BCUT2D eigenvalue weighted by Gasteiger charge is 2.14. The van der Waals surface area contributed by atoms with Crippen molar-refractivity contribution in [2.75, 3.05) is 18.5 Å². The average molecular weight is 300 g/mol. The molecule has 0 unspecified atom stereocenters. The molecule has 1 aromatic rings. The molecule has 0 fully saturated rings. The highest BCUT2D eigenvalue weighted by molar-refractivity contribution is 7.80. The zero-order valence-corrected chi connectivity index (χ0v) is 13.2. The molecule has 0 amide bonds. The summed E-state index contributed by atoms with van der Waals surface area (Å²) in [6, 6.07) is 1.91. The molecule has 0 saturated heterocycles. The Balaban J connectivity index is 2.58. The van der Waals surface area contributed by atoms with E-state index in [1.807, 2.05) is 13.0 Å². The number of unbranched alkanes of at least 4 members (excludes halogenated alkanes) is 1. The Kier molecular flexibility index (Phi) is 6.80. The fourth-order valence-corrected chi connectivity index (χ4v) is 2.73. The molecule has 1 aromatic heterocycles. The summed E-state index contributed by atoms with van der Waals surface area (Å²) in [4.78, 5) is 12.3. The van der Waals surface area contributed by atoms with Gasteiger partial charge in [0.25, 0.3) is 0 Å². The minimum atomic E-state index is -0.275. The van der Waals surface area contributed by atoms with Gasteiger partial charge in [-0.1, -0.05) is 13.3 Å². The van der Waals surface area contributed by atoms with E-state index < -0.39 is 0 Å². The van der Waals surface area contributed by atoms with Gasteiger partial charge in [0.2, 0.25) is 0 Å². The number of esters is 1. The number of anilines is 1. The summed E-state index contributed by atoms with van der Waals surface area (Å²) < 4.78 is 5.00. The fraction of sp³-hybridized carbons (Fsp3) is 0.538. The maximum Gasteiger partial charge on any atom is 0.348 e. The molecule has 0 aromatic carbocycles. The molecule has 1 heterocycles. The number of thiocarbonyl (C=S) groups is 1. The van der Waals surface area contributed by atoms with Crippen molar-refractivity contribution in [1.82, 2.24) is 5.32 Å². The first-order valence-electron chi connectivity index (χ1n) is 6.40. The lowest BCUT2D eigenvalue weighted by molar-refractivity contribution is 0.0531. The van der Waals surface area contributed by atoms with Gasteiger partial charge in [0, 0.05) is 6.54 Å². The smallest absolute Gasteiger partial charge is 0.348 e. The van der Waals surface area contributed by atoms with E-state index >= 15 is 0 Å². The summed E-state index contributed by atoms with van der Waals surface area (Å²) in [5.74, 6) is -0.275. The Labute approximate surface area is 123 Å². The van der Waals surface area contributed by atoms with E-state index in [-0.39, 0.29) is 5.97 Å². The van der Waals surface area contributed by atoms with E-state index in [1.54, 1.807) is 6.92 Å². The zero-order chi connectivity index (χ0) is 14.3. The quantitative estimate of drug-likeness (QED) is 0.479. The molecular formula is C13H20N2O2S2. The van der Waals surface area contributed by atoms with Gasteiger partial charge in [0.1, 0.15) is 4.88 Å². The summed E-state index contributed by atoms with van der Waals surface area (Å²) in [6.45, 7) is 7.06. The molecule has 0 spiro atoms. The second-order valence-electron chi connectivity index (χ2n) is 4.08. The van der Waals surface area contributed by atoms with Gasteiger partial charge in [0.05, 0.1) is 11.6 Å². The SMILES string of the molecule is CCCCNC(=S)Nc1cc(C)c(C(=O)OCC)s1. The van der Waals surface area contributed by atoms with E-state index in [1.165, 1.54) is 11.3 Å². The first kappa shape index (κ1) is 15.9. The van der Waals surface area contributed by atoms with Crippen molar-refractivity contribution in [3.8, 4) is 0 Å². The van der Waals surface area contributed by atoms with Crippen molar-refractivity contribution in [3.63, 3.8) is 0 Å².